The van der Waals surface area contributed by atoms with Gasteiger partial charge in [0, 0.05) is 14.1 Å². The van der Waals surface area contributed by atoms with E-state index in [4.69, 9.17) is 10.2 Å². The van der Waals surface area contributed by atoms with E-state index in [-0.39, 0.29) is 11.8 Å². The van der Waals surface area contributed by atoms with Crippen molar-refractivity contribution in [3.63, 3.8) is 0 Å². The Labute approximate surface area is 229 Å². The zero-order chi connectivity index (χ0) is 30.5. The summed E-state index contributed by atoms with van der Waals surface area (Å²) in [5.74, 6) is -3.14. The number of amides is 2. The predicted molar refractivity (Wildman–Crippen MR) is 140 cm³/mol. The Balaban J connectivity index is 2.21. The molecular formula is C25H32F3N5O6S. The number of likely N-dealkylation sites (N-methyl/N-ethyl adjacent to an activating group) is 1. The Morgan fingerprint density at radius 2 is 1.88 bits per heavy atom. The number of alkyl halides is 3. The quantitative estimate of drug-likeness (QED) is 0.380. The van der Waals surface area contributed by atoms with E-state index in [9.17, 15) is 36.3 Å². The van der Waals surface area contributed by atoms with Gasteiger partial charge >= 0.3 is 6.18 Å². The van der Waals surface area contributed by atoms with Gasteiger partial charge in [-0.2, -0.15) is 13.2 Å². The van der Waals surface area contributed by atoms with Crippen molar-refractivity contribution in [2.45, 2.75) is 53.3 Å². The third-order valence-corrected chi connectivity index (χ3v) is 8.23. The van der Waals surface area contributed by atoms with Crippen molar-refractivity contribution in [2.75, 3.05) is 14.1 Å². The van der Waals surface area contributed by atoms with Crippen molar-refractivity contribution in [1.82, 2.24) is 14.9 Å². The van der Waals surface area contributed by atoms with Crippen molar-refractivity contribution >= 4 is 27.7 Å². The Kier molecular flexibility index (Phi) is 7.96. The number of carbonyl (C=O) groups is 2. The maximum atomic E-state index is 14.1. The van der Waals surface area contributed by atoms with Gasteiger partial charge in [0.1, 0.15) is 34.4 Å². The van der Waals surface area contributed by atoms with Crippen LogP contribution >= 0.6 is 0 Å². The molecule has 0 saturated heterocycles. The molecule has 2 atom stereocenters. The molecule has 0 aromatic carbocycles. The lowest BCUT2D eigenvalue weighted by Crippen LogP contribution is -2.45. The Hall–Kier alpha value is -3.75. The van der Waals surface area contributed by atoms with E-state index < -0.39 is 73.5 Å². The zero-order valence-corrected chi connectivity index (χ0v) is 23.8. The molecule has 1 aliphatic carbocycles. The lowest BCUT2D eigenvalue weighted by Gasteiger charge is -2.37. The number of aliphatic hydroxyl groups is 1. The van der Waals surface area contributed by atoms with E-state index in [0.29, 0.717) is 11.5 Å². The summed E-state index contributed by atoms with van der Waals surface area (Å²) in [5.41, 5.74) is 1.57. The van der Waals surface area contributed by atoms with Gasteiger partial charge < -0.3 is 25.5 Å². The van der Waals surface area contributed by atoms with Crippen LogP contribution in [0.15, 0.2) is 49.2 Å². The highest BCUT2D eigenvalue weighted by atomic mass is 32.2. The summed E-state index contributed by atoms with van der Waals surface area (Å²) in [6, 6.07) is 0.979. The minimum atomic E-state index is -4.92. The van der Waals surface area contributed by atoms with Crippen molar-refractivity contribution in [2.24, 2.45) is 22.1 Å². The monoisotopic (exact) mass is 587 g/mol. The van der Waals surface area contributed by atoms with Crippen LogP contribution in [0, 0.1) is 25.2 Å². The fourth-order valence-electron chi connectivity index (χ4n) is 4.33. The molecule has 2 aliphatic rings. The summed E-state index contributed by atoms with van der Waals surface area (Å²) in [6.07, 6.45) is -4.73. The first-order valence-electron chi connectivity index (χ1n) is 12.1. The number of aliphatic imine (C=N–C) groups is 1. The van der Waals surface area contributed by atoms with Gasteiger partial charge in [-0.1, -0.05) is 19.9 Å². The van der Waals surface area contributed by atoms with Crippen LogP contribution < -0.4 is 15.8 Å². The molecule has 1 aromatic heterocycles. The number of nitrogens with two attached hydrogens (primary N) is 1. The fraction of sp³-hybridized carbons (Fsp3) is 0.480. The first-order valence-corrected chi connectivity index (χ1v) is 13.6. The number of aryl methyl sites for hydroxylation is 2. The molecule has 1 aromatic rings. The Morgan fingerprint density at radius 3 is 2.33 bits per heavy atom. The molecule has 40 heavy (non-hydrogen) atoms. The van der Waals surface area contributed by atoms with Crippen LogP contribution in [0.5, 0.6) is 0 Å². The standard InChI is InChI=1S/C25H32F3N5O6S/c1-11(2)17(15-10-12(3)13(4)39-15)31-22-18(20(21(29)35)40(37,38)32-22)30-14-8-9-24(5,25(26,27)28)16(19(14)34)23(36)33(6)7/h8,10-11,17,30,34H,9H2,1-7H3,(H2,29,35)(H,31,32). The number of rotatable bonds is 7. The molecule has 1 aliphatic heterocycles. The topological polar surface area (TPSA) is 167 Å². The molecule has 2 heterocycles. The van der Waals surface area contributed by atoms with Crippen LogP contribution in [0.4, 0.5) is 13.2 Å². The molecule has 0 radical (unpaired) electrons. The largest absolute Gasteiger partial charge is 0.505 e. The highest BCUT2D eigenvalue weighted by Crippen LogP contribution is 2.51. The Morgan fingerprint density at radius 1 is 1.27 bits per heavy atom. The molecule has 15 heteroatoms. The summed E-state index contributed by atoms with van der Waals surface area (Å²) < 4.78 is 75.9. The molecule has 3 rings (SSSR count). The summed E-state index contributed by atoms with van der Waals surface area (Å²) in [6.45, 7) is 7.93. The molecule has 0 saturated carbocycles. The molecule has 0 fully saturated rings. The van der Waals surface area contributed by atoms with Crippen molar-refractivity contribution in [3.8, 4) is 0 Å². The number of carbonyl (C=O) groups excluding carboxylic acids is 2. The van der Waals surface area contributed by atoms with Gasteiger partial charge in [0.05, 0.1) is 11.3 Å². The first kappa shape index (κ1) is 30.8. The number of hydrogen-bond acceptors (Lipinski definition) is 8. The minimum Gasteiger partial charge on any atom is -0.505 e. The van der Waals surface area contributed by atoms with E-state index in [1.807, 2.05) is 6.92 Å². The maximum absolute atomic E-state index is 14.1. The van der Waals surface area contributed by atoms with Crippen LogP contribution in [0.25, 0.3) is 0 Å². The molecule has 2 unspecified atom stereocenters. The number of sulfonamides is 1. The second kappa shape index (κ2) is 10.3. The second-order valence-corrected chi connectivity index (χ2v) is 12.0. The summed E-state index contributed by atoms with van der Waals surface area (Å²) in [5, 5.41) is 13.5. The van der Waals surface area contributed by atoms with Gasteiger partial charge in [0.15, 0.2) is 10.7 Å². The molecular weight excluding hydrogens is 555 g/mol. The number of hydrogen-bond donors (Lipinski definition) is 4. The smallest absolute Gasteiger partial charge is 0.398 e. The number of allylic oxidation sites excluding steroid dienone is 1. The molecule has 220 valence electrons. The van der Waals surface area contributed by atoms with Crippen molar-refractivity contribution in [3.05, 3.63) is 56.9 Å². The highest BCUT2D eigenvalue weighted by Gasteiger charge is 2.58. The minimum absolute atomic E-state index is 0.236. The van der Waals surface area contributed by atoms with Gasteiger partial charge in [-0.3, -0.25) is 19.3 Å². The maximum Gasteiger partial charge on any atom is 0.398 e. The molecule has 5 N–H and O–H groups in total. The summed E-state index contributed by atoms with van der Waals surface area (Å²) >= 11 is 0. The highest BCUT2D eigenvalue weighted by molar-refractivity contribution is 7.95. The van der Waals surface area contributed by atoms with Crippen molar-refractivity contribution in [1.29, 1.82) is 0 Å². The van der Waals surface area contributed by atoms with E-state index in [0.717, 1.165) is 23.5 Å². The lowest BCUT2D eigenvalue weighted by molar-refractivity contribution is -0.206. The van der Waals surface area contributed by atoms with Gasteiger partial charge in [0.25, 0.3) is 21.8 Å². The number of furan rings is 1. The number of nitrogens with zero attached hydrogens (tertiary/aromatic N) is 2. The van der Waals surface area contributed by atoms with Crippen LogP contribution in [0.2, 0.25) is 0 Å². The van der Waals surface area contributed by atoms with E-state index in [2.05, 4.69) is 15.0 Å². The number of nitrogens with one attached hydrogen (secondary N) is 2. The average molecular weight is 588 g/mol. The Bertz CT molecular complexity index is 1460. The molecule has 11 nitrogen and oxygen atoms in total. The third-order valence-electron chi connectivity index (χ3n) is 6.83. The fourth-order valence-corrected chi connectivity index (χ4v) is 5.52. The van der Waals surface area contributed by atoms with Gasteiger partial charge in [0.2, 0.25) is 0 Å². The van der Waals surface area contributed by atoms with Crippen LogP contribution in [-0.4, -0.2) is 56.3 Å². The SMILES string of the molecule is Cc1cc(C(N=C2NS(=O)(=O)C(C(N)=O)=C2NC2=CCC(C)(C(F)(F)F)C(C(=O)N(C)C)=C2O)C(C)C)oc1C. The van der Waals surface area contributed by atoms with E-state index in [1.54, 1.807) is 26.8 Å². The van der Waals surface area contributed by atoms with Gasteiger partial charge in [-0.15, -0.1) is 0 Å². The van der Waals surface area contributed by atoms with Crippen molar-refractivity contribution < 1.29 is 40.7 Å². The molecule has 0 spiro atoms. The van der Waals surface area contributed by atoms with Crippen LogP contribution in [0.1, 0.15) is 50.3 Å². The first-order chi connectivity index (χ1) is 18.2. The third kappa shape index (κ3) is 5.33. The number of halogens is 3. The normalized spacial score (nSPS) is 22.9. The predicted octanol–water partition coefficient (Wildman–Crippen LogP) is 2.97. The second-order valence-electron chi connectivity index (χ2n) is 10.4. The zero-order valence-electron chi connectivity index (χ0n) is 23.0. The number of aliphatic hydroxyl groups excluding tert-OH is 1. The summed E-state index contributed by atoms with van der Waals surface area (Å²) in [4.78, 5) is 29.5. The molecule has 0 bridgehead atoms. The number of amidine groups is 1. The lowest BCUT2D eigenvalue weighted by atomic mass is 9.73. The van der Waals surface area contributed by atoms with E-state index in [1.165, 1.54) is 14.1 Å². The average Bonchev–Trinajstić information content (AvgIpc) is 3.26. The van der Waals surface area contributed by atoms with Gasteiger partial charge in [-0.05, 0) is 44.7 Å². The van der Waals surface area contributed by atoms with Crippen LogP contribution in [-0.2, 0) is 19.6 Å². The number of primary amides is 1. The van der Waals surface area contributed by atoms with E-state index >= 15 is 0 Å². The molecule has 2 amide bonds. The summed E-state index contributed by atoms with van der Waals surface area (Å²) in [7, 11) is -2.10. The van der Waals surface area contributed by atoms with Gasteiger partial charge in [-0.25, -0.2) is 8.42 Å². The van der Waals surface area contributed by atoms with Crippen LogP contribution in [0.3, 0.4) is 0 Å².